The molecule has 2 aliphatic carbocycles. The van der Waals surface area contributed by atoms with Crippen LogP contribution in [0.15, 0.2) is 28.2 Å². The van der Waals surface area contributed by atoms with E-state index in [1.54, 1.807) is 11.3 Å². The van der Waals surface area contributed by atoms with Crippen LogP contribution in [0.4, 0.5) is 10.0 Å². The Morgan fingerprint density at radius 3 is 1.85 bits per heavy atom. The molecule has 0 aromatic carbocycles. The van der Waals surface area contributed by atoms with Gasteiger partial charge < -0.3 is 19.2 Å². The molecule has 4 heterocycles. The number of rotatable bonds is 10. The molecular formula is C36H30N6O2S4. The lowest BCUT2D eigenvalue weighted by molar-refractivity contribution is 0.318. The van der Waals surface area contributed by atoms with Gasteiger partial charge >= 0.3 is 11.7 Å². The van der Waals surface area contributed by atoms with Crippen LogP contribution in [0.2, 0.25) is 0 Å². The van der Waals surface area contributed by atoms with Gasteiger partial charge in [-0.15, -0.1) is 22.7 Å². The molecule has 0 saturated carbocycles. The quantitative estimate of drug-likeness (QED) is 0.0931. The minimum atomic E-state index is -0.329. The second-order valence-corrected chi connectivity index (χ2v) is 16.4. The Morgan fingerprint density at radius 2 is 1.31 bits per heavy atom. The number of ether oxygens (including phenoxy) is 2. The smallest absolute Gasteiger partial charge is 0.350 e. The number of hydrogen-bond acceptors (Lipinski definition) is 10. The summed E-state index contributed by atoms with van der Waals surface area (Å²) in [5.74, 6) is 1.07. The second kappa shape index (κ2) is 12.8. The van der Waals surface area contributed by atoms with Gasteiger partial charge in [-0.2, -0.15) is 0 Å². The van der Waals surface area contributed by atoms with E-state index in [-0.39, 0.29) is 22.5 Å². The van der Waals surface area contributed by atoms with E-state index >= 15 is 0 Å². The first-order chi connectivity index (χ1) is 23.0. The fourth-order valence-corrected chi connectivity index (χ4v) is 11.4. The summed E-state index contributed by atoms with van der Waals surface area (Å²) in [7, 11) is 0. The largest absolute Gasteiger partial charge is 0.492 e. The van der Waals surface area contributed by atoms with Crippen LogP contribution >= 0.6 is 45.3 Å². The van der Waals surface area contributed by atoms with Gasteiger partial charge in [0.15, 0.2) is 0 Å². The van der Waals surface area contributed by atoms with E-state index in [0.29, 0.717) is 23.2 Å². The molecule has 0 unspecified atom stereocenters. The standard InChI is InChI=1S/C36H30N6O2S4/c1-9-11-43-21-15-27(41-25(17-37)39-7)47-31(21)19-13-23-29(35(19,3)4)30-34(45-23)32-20(36(30,5)6)14-24(46-32)33-22(44-12-10-2)16-28(48-33)42-26(18-38)40-8/h13-16H,9-12H2,1-6H3. The van der Waals surface area contributed by atoms with Crippen LogP contribution in [-0.2, 0) is 10.8 Å². The van der Waals surface area contributed by atoms with Gasteiger partial charge in [0, 0.05) is 42.5 Å². The van der Waals surface area contributed by atoms with Gasteiger partial charge in [-0.25, -0.2) is 10.5 Å². The van der Waals surface area contributed by atoms with Crippen LogP contribution in [0.5, 0.6) is 11.5 Å². The van der Waals surface area contributed by atoms with Crippen molar-refractivity contribution < 1.29 is 9.47 Å². The molecule has 4 aromatic heterocycles. The number of allylic oxidation sites excluding steroid dienone is 1. The first kappa shape index (κ1) is 33.3. The highest BCUT2D eigenvalue weighted by atomic mass is 32.1. The lowest BCUT2D eigenvalue weighted by Crippen LogP contribution is -2.23. The summed E-state index contributed by atoms with van der Waals surface area (Å²) in [5.41, 5.74) is 4.52. The highest BCUT2D eigenvalue weighted by Crippen LogP contribution is 2.65. The Bertz CT molecular complexity index is 2190. The van der Waals surface area contributed by atoms with Gasteiger partial charge in [-0.05, 0) is 47.2 Å². The highest BCUT2D eigenvalue weighted by Gasteiger charge is 2.49. The van der Waals surface area contributed by atoms with Gasteiger partial charge in [0.05, 0.1) is 23.0 Å². The molecule has 0 radical (unpaired) electrons. The van der Waals surface area contributed by atoms with E-state index in [1.807, 2.05) is 35.6 Å². The first-order valence-electron chi connectivity index (χ1n) is 15.3. The van der Waals surface area contributed by atoms with Crippen LogP contribution in [0.25, 0.3) is 40.8 Å². The van der Waals surface area contributed by atoms with Gasteiger partial charge in [0.2, 0.25) is 10.0 Å². The first-order valence-corrected chi connectivity index (χ1v) is 18.6. The molecule has 0 saturated heterocycles. The average Bonchev–Trinajstić information content (AvgIpc) is 3.89. The molecule has 0 aliphatic heterocycles. The summed E-state index contributed by atoms with van der Waals surface area (Å²) in [6.07, 6.45) is 4.00. The molecule has 0 atom stereocenters. The summed E-state index contributed by atoms with van der Waals surface area (Å²) in [5, 5.41) is 19.7. The second-order valence-electron chi connectivity index (χ2n) is 12.3. The van der Waals surface area contributed by atoms with Crippen molar-refractivity contribution in [2.45, 2.75) is 65.2 Å². The van der Waals surface area contributed by atoms with Crippen molar-refractivity contribution in [3.05, 3.63) is 67.5 Å². The average molecular weight is 707 g/mol. The Morgan fingerprint density at radius 1 is 0.750 bits per heavy atom. The van der Waals surface area contributed by atoms with E-state index in [2.05, 4.69) is 73.4 Å². The number of nitriles is 2. The molecule has 48 heavy (non-hydrogen) atoms. The van der Waals surface area contributed by atoms with Crippen molar-refractivity contribution in [1.82, 2.24) is 0 Å². The van der Waals surface area contributed by atoms with Crippen molar-refractivity contribution >= 4 is 78.7 Å². The topological polar surface area (TPSA) is 99.5 Å². The van der Waals surface area contributed by atoms with Crippen molar-refractivity contribution in [3.8, 4) is 43.1 Å². The maximum absolute atomic E-state index is 9.30. The van der Waals surface area contributed by atoms with Crippen LogP contribution in [0.3, 0.4) is 0 Å². The Kier molecular flexibility index (Phi) is 8.90. The maximum Gasteiger partial charge on any atom is 0.350 e. The molecule has 2 aliphatic rings. The van der Waals surface area contributed by atoms with Gasteiger partial charge in [0.25, 0.3) is 0 Å². The zero-order valence-electron chi connectivity index (χ0n) is 27.3. The third-order valence-corrected chi connectivity index (χ3v) is 13.0. The van der Waals surface area contributed by atoms with E-state index in [4.69, 9.17) is 22.6 Å². The summed E-state index contributed by atoms with van der Waals surface area (Å²) in [4.78, 5) is 21.8. The predicted molar refractivity (Wildman–Crippen MR) is 198 cm³/mol. The van der Waals surface area contributed by atoms with E-state index < -0.39 is 0 Å². The molecule has 240 valence electrons. The van der Waals surface area contributed by atoms with Crippen molar-refractivity contribution in [3.63, 3.8) is 0 Å². The van der Waals surface area contributed by atoms with E-state index in [1.165, 1.54) is 54.0 Å². The lowest BCUT2D eigenvalue weighted by atomic mass is 9.73. The number of thiophene rings is 4. The molecule has 0 amide bonds. The fourth-order valence-electron chi connectivity index (χ4n) is 6.18. The molecular weight excluding hydrogens is 677 g/mol. The number of fused-ring (bicyclic) bond motifs is 5. The molecule has 4 aromatic rings. The van der Waals surface area contributed by atoms with Crippen LogP contribution in [-0.4, -0.2) is 24.9 Å². The zero-order chi connectivity index (χ0) is 34.4. The third-order valence-electron chi connectivity index (χ3n) is 8.35. The molecule has 0 spiro atoms. The van der Waals surface area contributed by atoms with Crippen LogP contribution in [0.1, 0.15) is 80.8 Å². The summed E-state index contributed by atoms with van der Waals surface area (Å²) in [6.45, 7) is 28.9. The predicted octanol–water partition coefficient (Wildman–Crippen LogP) is 11.3. The SMILES string of the molecule is [C-]#[N+]C(C#N)=Nc1cc(OCCC)c(C2=Cc3sc4c(c3C2(C)C)C(C)(C)c2cc(-c3sc(N=C(C#N)[N+]#[C-])cc3OCCC)sc2-4)s1. The lowest BCUT2D eigenvalue weighted by Gasteiger charge is -2.30. The minimum absolute atomic E-state index is 0.195. The molecule has 8 nitrogen and oxygen atoms in total. The zero-order valence-corrected chi connectivity index (χ0v) is 30.5. The number of hydrogen-bond donors (Lipinski definition) is 0. The third kappa shape index (κ3) is 5.46. The summed E-state index contributed by atoms with van der Waals surface area (Å²) >= 11 is 6.47. The molecule has 0 N–H and O–H groups in total. The van der Waals surface area contributed by atoms with Crippen molar-refractivity contribution in [2.24, 2.45) is 9.98 Å². The monoisotopic (exact) mass is 706 g/mol. The maximum atomic E-state index is 9.30. The fraction of sp³-hybridized carbons (Fsp3) is 0.333. The number of aliphatic imine (C=N–C) groups is 2. The van der Waals surface area contributed by atoms with Crippen LogP contribution in [0, 0.1) is 35.8 Å². The Balaban J connectivity index is 1.44. The van der Waals surface area contributed by atoms with Gasteiger partial charge in [-0.1, -0.05) is 87.3 Å². The molecule has 6 rings (SSSR count). The summed E-state index contributed by atoms with van der Waals surface area (Å²) < 4.78 is 12.3. The van der Waals surface area contributed by atoms with Crippen molar-refractivity contribution in [1.29, 1.82) is 10.5 Å². The minimum Gasteiger partial charge on any atom is -0.492 e. The Labute approximate surface area is 296 Å². The molecule has 0 fully saturated rings. The van der Waals surface area contributed by atoms with E-state index in [0.717, 1.165) is 44.5 Å². The summed E-state index contributed by atoms with van der Waals surface area (Å²) in [6, 6.07) is 9.67. The van der Waals surface area contributed by atoms with Crippen LogP contribution < -0.4 is 9.47 Å². The van der Waals surface area contributed by atoms with E-state index in [9.17, 15) is 10.5 Å². The molecule has 0 bridgehead atoms. The normalized spacial score (nSPS) is 15.4. The highest BCUT2D eigenvalue weighted by molar-refractivity contribution is 7.28. The number of amidine groups is 2. The van der Waals surface area contributed by atoms with Gasteiger partial charge in [0.1, 0.15) is 23.6 Å². The number of nitrogens with zero attached hydrogens (tertiary/aromatic N) is 6. The Hall–Kier alpha value is -4.56. The van der Waals surface area contributed by atoms with Crippen molar-refractivity contribution in [2.75, 3.05) is 13.2 Å². The molecule has 12 heteroatoms. The van der Waals surface area contributed by atoms with Gasteiger partial charge in [-0.3, -0.25) is 0 Å².